The molecule has 0 aliphatic rings. The second-order valence-corrected chi connectivity index (χ2v) is 11.1. The third-order valence-electron chi connectivity index (χ3n) is 7.50. The number of phenols is 2. The average Bonchev–Trinajstić information content (AvgIpc) is 2.89. The van der Waals surface area contributed by atoms with E-state index in [4.69, 9.17) is 0 Å². The summed E-state index contributed by atoms with van der Waals surface area (Å²) < 4.78 is 0. The van der Waals surface area contributed by atoms with E-state index in [-0.39, 0.29) is 0 Å². The van der Waals surface area contributed by atoms with Gasteiger partial charge in [-0.25, -0.2) is 0 Å². The summed E-state index contributed by atoms with van der Waals surface area (Å²) in [5, 5.41) is 22.3. The lowest BCUT2D eigenvalue weighted by molar-refractivity contribution is 0.266. The highest BCUT2D eigenvalue weighted by Crippen LogP contribution is 2.37. The van der Waals surface area contributed by atoms with Gasteiger partial charge in [0.25, 0.3) is 0 Å². The lowest BCUT2D eigenvalue weighted by Crippen LogP contribution is -2.25. The maximum absolute atomic E-state index is 11.1. The molecule has 0 heterocycles. The number of benzene rings is 4. The number of aromatic hydroxyl groups is 2. The Morgan fingerprint density at radius 3 is 1.31 bits per heavy atom. The quantitative estimate of drug-likeness (QED) is 0.225. The minimum atomic E-state index is 0.373. The Morgan fingerprint density at radius 1 is 0.538 bits per heavy atom. The minimum absolute atomic E-state index is 0.373. The van der Waals surface area contributed by atoms with E-state index < -0.39 is 0 Å². The SMILES string of the molecule is Cc1cc(CN(C)CCCN(C)Cc2cc(C)cc(-c3ccccc3C)c2O)c(O)c(-c2ccccc2C)c1. The average molecular weight is 523 g/mol. The molecule has 4 nitrogen and oxygen atoms in total. The van der Waals surface area contributed by atoms with Crippen LogP contribution < -0.4 is 0 Å². The van der Waals surface area contributed by atoms with Crippen molar-refractivity contribution in [2.75, 3.05) is 27.2 Å². The molecule has 0 amide bonds. The molecule has 0 bridgehead atoms. The number of nitrogens with zero attached hydrogens (tertiary/aromatic N) is 2. The van der Waals surface area contributed by atoms with Crippen molar-refractivity contribution in [2.45, 2.75) is 47.2 Å². The van der Waals surface area contributed by atoms with Crippen molar-refractivity contribution >= 4 is 0 Å². The van der Waals surface area contributed by atoms with E-state index >= 15 is 0 Å². The van der Waals surface area contributed by atoms with Crippen molar-refractivity contribution in [2.24, 2.45) is 0 Å². The summed E-state index contributed by atoms with van der Waals surface area (Å²) in [5.74, 6) is 0.747. The van der Waals surface area contributed by atoms with Crippen LogP contribution in [0.3, 0.4) is 0 Å². The zero-order valence-electron chi connectivity index (χ0n) is 24.3. The predicted octanol–water partition coefficient (Wildman–Crippen LogP) is 7.62. The summed E-state index contributed by atoms with van der Waals surface area (Å²) in [6.07, 6.45) is 0.988. The maximum atomic E-state index is 11.1. The molecule has 4 rings (SSSR count). The number of phenolic OH excluding ortho intramolecular Hbond substituents is 2. The Bertz CT molecular complexity index is 1330. The van der Waals surface area contributed by atoms with Crippen LogP contribution in [0.5, 0.6) is 11.5 Å². The molecule has 0 aromatic heterocycles. The van der Waals surface area contributed by atoms with Crippen LogP contribution in [0, 0.1) is 27.7 Å². The molecule has 0 fully saturated rings. The van der Waals surface area contributed by atoms with Gasteiger partial charge in [0, 0.05) is 35.3 Å². The summed E-state index contributed by atoms with van der Waals surface area (Å²) in [7, 11) is 4.21. The van der Waals surface area contributed by atoms with E-state index in [2.05, 4.69) is 100 Å². The first kappa shape index (κ1) is 28.4. The molecule has 4 heteroatoms. The molecule has 39 heavy (non-hydrogen) atoms. The second-order valence-electron chi connectivity index (χ2n) is 11.1. The summed E-state index contributed by atoms with van der Waals surface area (Å²) in [4.78, 5) is 4.54. The third-order valence-corrected chi connectivity index (χ3v) is 7.50. The maximum Gasteiger partial charge on any atom is 0.127 e. The van der Waals surface area contributed by atoms with E-state index in [1.807, 2.05) is 24.3 Å². The van der Waals surface area contributed by atoms with E-state index in [9.17, 15) is 10.2 Å². The molecule has 204 valence electrons. The van der Waals surface area contributed by atoms with Gasteiger partial charge in [0.1, 0.15) is 11.5 Å². The monoisotopic (exact) mass is 522 g/mol. The highest BCUT2D eigenvalue weighted by molar-refractivity contribution is 5.76. The van der Waals surface area contributed by atoms with Crippen molar-refractivity contribution in [3.05, 3.63) is 106 Å². The van der Waals surface area contributed by atoms with Gasteiger partial charge in [-0.15, -0.1) is 0 Å². The van der Waals surface area contributed by atoms with Crippen LogP contribution in [0.1, 0.15) is 39.8 Å². The summed E-state index contributed by atoms with van der Waals surface area (Å²) in [5.41, 5.74) is 10.5. The van der Waals surface area contributed by atoms with Crippen LogP contribution in [0.15, 0.2) is 72.8 Å². The second kappa shape index (κ2) is 12.5. The molecule has 0 saturated carbocycles. The smallest absolute Gasteiger partial charge is 0.127 e. The Balaban J connectivity index is 1.37. The van der Waals surface area contributed by atoms with Gasteiger partial charge in [0.05, 0.1) is 0 Å². The minimum Gasteiger partial charge on any atom is -0.507 e. The van der Waals surface area contributed by atoms with Crippen molar-refractivity contribution in [1.29, 1.82) is 0 Å². The van der Waals surface area contributed by atoms with Crippen molar-refractivity contribution in [3.8, 4) is 33.8 Å². The lowest BCUT2D eigenvalue weighted by atomic mass is 9.95. The van der Waals surface area contributed by atoms with E-state index in [0.29, 0.717) is 24.6 Å². The van der Waals surface area contributed by atoms with Crippen LogP contribution in [-0.2, 0) is 13.1 Å². The molecular weight excluding hydrogens is 480 g/mol. The van der Waals surface area contributed by atoms with Gasteiger partial charge in [0.15, 0.2) is 0 Å². The fourth-order valence-corrected chi connectivity index (χ4v) is 5.46. The van der Waals surface area contributed by atoms with Crippen LogP contribution in [0.2, 0.25) is 0 Å². The van der Waals surface area contributed by atoms with E-state index in [1.54, 1.807) is 0 Å². The number of aryl methyl sites for hydroxylation is 4. The molecular formula is C35H42N2O2. The van der Waals surface area contributed by atoms with Gasteiger partial charge in [-0.3, -0.25) is 0 Å². The molecule has 0 aliphatic carbocycles. The van der Waals surface area contributed by atoms with E-state index in [1.165, 1.54) is 0 Å². The molecule has 0 spiro atoms. The Kier molecular flexibility index (Phi) is 9.11. The normalized spacial score (nSPS) is 11.5. The molecule has 0 unspecified atom stereocenters. The first-order chi connectivity index (χ1) is 18.6. The van der Waals surface area contributed by atoms with Gasteiger partial charge in [-0.05, 0) is 107 Å². The third kappa shape index (κ3) is 6.89. The van der Waals surface area contributed by atoms with Crippen molar-refractivity contribution in [1.82, 2.24) is 9.80 Å². The Hall–Kier alpha value is -3.60. The number of hydrogen-bond donors (Lipinski definition) is 2. The van der Waals surface area contributed by atoms with Gasteiger partial charge >= 0.3 is 0 Å². The molecule has 2 N–H and O–H groups in total. The van der Waals surface area contributed by atoms with Gasteiger partial charge in [-0.1, -0.05) is 60.7 Å². The summed E-state index contributed by atoms with van der Waals surface area (Å²) in [6.45, 7) is 11.5. The molecule has 0 saturated heterocycles. The summed E-state index contributed by atoms with van der Waals surface area (Å²) >= 11 is 0. The highest BCUT2D eigenvalue weighted by atomic mass is 16.3. The lowest BCUT2D eigenvalue weighted by Gasteiger charge is -2.23. The zero-order valence-corrected chi connectivity index (χ0v) is 24.3. The Labute approximate surface area is 234 Å². The van der Waals surface area contributed by atoms with Crippen LogP contribution >= 0.6 is 0 Å². The van der Waals surface area contributed by atoms with Gasteiger partial charge in [0.2, 0.25) is 0 Å². The van der Waals surface area contributed by atoms with Crippen LogP contribution in [0.4, 0.5) is 0 Å². The fourth-order valence-electron chi connectivity index (χ4n) is 5.46. The first-order valence-electron chi connectivity index (χ1n) is 13.8. The van der Waals surface area contributed by atoms with Gasteiger partial charge < -0.3 is 20.0 Å². The standard InChI is InChI=1S/C35H42N2O2/c1-24-18-28(34(38)32(20-24)30-14-9-7-12-26(30)3)22-36(5)16-11-17-37(6)23-29-19-25(2)21-33(35(29)39)31-15-10-8-13-27(31)4/h7-10,12-15,18-21,38-39H,11,16-17,22-23H2,1-6H3. The van der Waals surface area contributed by atoms with E-state index in [0.717, 1.165) is 75.1 Å². The number of hydrogen-bond acceptors (Lipinski definition) is 4. The van der Waals surface area contributed by atoms with Gasteiger partial charge in [-0.2, -0.15) is 0 Å². The molecule has 0 radical (unpaired) electrons. The fraction of sp³-hybridized carbons (Fsp3) is 0.314. The molecule has 0 atom stereocenters. The van der Waals surface area contributed by atoms with Crippen molar-refractivity contribution < 1.29 is 10.2 Å². The van der Waals surface area contributed by atoms with Crippen LogP contribution in [-0.4, -0.2) is 47.2 Å². The molecule has 4 aromatic rings. The van der Waals surface area contributed by atoms with Crippen LogP contribution in [0.25, 0.3) is 22.3 Å². The summed E-state index contributed by atoms with van der Waals surface area (Å²) in [6, 6.07) is 24.7. The number of rotatable bonds is 10. The largest absolute Gasteiger partial charge is 0.507 e. The first-order valence-corrected chi connectivity index (χ1v) is 13.8. The zero-order chi connectivity index (χ0) is 28.1. The predicted molar refractivity (Wildman–Crippen MR) is 163 cm³/mol. The van der Waals surface area contributed by atoms with Crippen molar-refractivity contribution in [3.63, 3.8) is 0 Å². The molecule has 0 aliphatic heterocycles. The topological polar surface area (TPSA) is 46.9 Å². The molecule has 4 aromatic carbocycles. The Morgan fingerprint density at radius 2 is 0.923 bits per heavy atom. The highest BCUT2D eigenvalue weighted by Gasteiger charge is 2.16.